The topological polar surface area (TPSA) is 49.4 Å². The summed E-state index contributed by atoms with van der Waals surface area (Å²) in [6.45, 7) is 1.43. The van der Waals surface area contributed by atoms with Gasteiger partial charge in [-0.3, -0.25) is 0 Å². The molecule has 4 nitrogen and oxygen atoms in total. The van der Waals surface area contributed by atoms with Crippen LogP contribution in [0.15, 0.2) is 29.7 Å². The van der Waals surface area contributed by atoms with E-state index in [2.05, 4.69) is 5.32 Å². The first-order chi connectivity index (χ1) is 8.49. The van der Waals surface area contributed by atoms with Crippen molar-refractivity contribution in [2.75, 3.05) is 20.1 Å². The largest absolute Gasteiger partial charge is 0.313 e. The number of rotatable bonds is 4. The Kier molecular flexibility index (Phi) is 4.07. The average molecular weight is 287 g/mol. The van der Waals surface area contributed by atoms with Crippen molar-refractivity contribution >= 4 is 27.7 Å². The molecule has 0 atom stereocenters. The first-order valence-electron chi connectivity index (χ1n) is 5.61. The van der Waals surface area contributed by atoms with E-state index in [1.54, 1.807) is 37.4 Å². The van der Waals surface area contributed by atoms with Crippen molar-refractivity contribution in [3.05, 3.63) is 40.3 Å². The van der Waals surface area contributed by atoms with E-state index < -0.39 is 10.0 Å². The molecular formula is C12H15ClN2O2S. The number of nitrogens with one attached hydrogen (secondary N) is 1. The van der Waals surface area contributed by atoms with Gasteiger partial charge in [0.05, 0.1) is 0 Å². The van der Waals surface area contributed by atoms with Gasteiger partial charge in [-0.25, -0.2) is 8.42 Å². The maximum Gasteiger partial charge on any atom is 0.236 e. The van der Waals surface area contributed by atoms with Gasteiger partial charge in [0.25, 0.3) is 0 Å². The molecule has 18 heavy (non-hydrogen) atoms. The molecule has 1 saturated heterocycles. The number of likely N-dealkylation sites (N-methyl/N-ethyl adjacent to an activating group) is 1. The molecule has 0 radical (unpaired) electrons. The fourth-order valence-electron chi connectivity index (χ4n) is 1.57. The summed E-state index contributed by atoms with van der Waals surface area (Å²) in [6.07, 6.45) is 1.58. The zero-order chi connectivity index (χ0) is 13.2. The van der Waals surface area contributed by atoms with E-state index in [1.807, 2.05) is 0 Å². The molecular weight excluding hydrogens is 272 g/mol. The van der Waals surface area contributed by atoms with E-state index in [4.69, 9.17) is 11.6 Å². The summed E-state index contributed by atoms with van der Waals surface area (Å²) in [5.74, 6) is 0. The summed E-state index contributed by atoms with van der Waals surface area (Å²) in [6, 6.07) is 7.07. The van der Waals surface area contributed by atoms with Crippen LogP contribution >= 0.6 is 11.6 Å². The summed E-state index contributed by atoms with van der Waals surface area (Å²) in [5, 5.41) is 4.91. The van der Waals surface area contributed by atoms with Crippen molar-refractivity contribution in [2.24, 2.45) is 0 Å². The lowest BCUT2D eigenvalue weighted by molar-refractivity contribution is 0.276. The monoisotopic (exact) mass is 286 g/mol. The van der Waals surface area contributed by atoms with Crippen molar-refractivity contribution in [3.8, 4) is 0 Å². The molecule has 0 aromatic heterocycles. The zero-order valence-corrected chi connectivity index (χ0v) is 11.6. The Morgan fingerprint density at radius 2 is 1.94 bits per heavy atom. The van der Waals surface area contributed by atoms with Crippen LogP contribution in [-0.4, -0.2) is 38.9 Å². The van der Waals surface area contributed by atoms with Crippen LogP contribution in [0.3, 0.4) is 0 Å². The van der Waals surface area contributed by atoms with Gasteiger partial charge in [-0.15, -0.1) is 0 Å². The molecule has 2 rings (SSSR count). The fourth-order valence-corrected chi connectivity index (χ4v) is 2.78. The highest BCUT2D eigenvalue weighted by Crippen LogP contribution is 2.14. The molecule has 6 heteroatoms. The molecule has 1 aromatic carbocycles. The van der Waals surface area contributed by atoms with E-state index in [0.29, 0.717) is 18.1 Å². The Morgan fingerprint density at radius 3 is 2.44 bits per heavy atom. The third-order valence-electron chi connectivity index (χ3n) is 2.98. The minimum absolute atomic E-state index is 0.0601. The minimum Gasteiger partial charge on any atom is -0.313 e. The van der Waals surface area contributed by atoms with E-state index >= 15 is 0 Å². The smallest absolute Gasteiger partial charge is 0.236 e. The first-order valence-corrected chi connectivity index (χ1v) is 7.49. The third kappa shape index (κ3) is 3.11. The van der Waals surface area contributed by atoms with Crippen LogP contribution in [0.4, 0.5) is 0 Å². The van der Waals surface area contributed by atoms with Crippen molar-refractivity contribution in [2.45, 2.75) is 6.04 Å². The van der Waals surface area contributed by atoms with Gasteiger partial charge >= 0.3 is 0 Å². The van der Waals surface area contributed by atoms with Gasteiger partial charge < -0.3 is 5.32 Å². The molecule has 1 aromatic rings. The van der Waals surface area contributed by atoms with Crippen LogP contribution < -0.4 is 5.32 Å². The quantitative estimate of drug-likeness (QED) is 0.913. The second kappa shape index (κ2) is 5.40. The predicted octanol–water partition coefficient (Wildman–Crippen LogP) is 1.54. The van der Waals surface area contributed by atoms with E-state index in [-0.39, 0.29) is 6.04 Å². The summed E-state index contributed by atoms with van der Waals surface area (Å²) in [7, 11) is -1.74. The van der Waals surface area contributed by atoms with Crippen LogP contribution in [-0.2, 0) is 10.0 Å². The molecule has 1 N–H and O–H groups in total. The standard InChI is InChI=1S/C12H15ClN2O2S/c1-15(12-8-14-9-12)18(16,17)7-6-10-2-4-11(13)5-3-10/h2-7,12,14H,8-9H2,1H3. The molecule has 0 unspecified atom stereocenters. The lowest BCUT2D eigenvalue weighted by atomic mass is 10.2. The van der Waals surface area contributed by atoms with E-state index in [1.165, 1.54) is 9.71 Å². The number of benzene rings is 1. The van der Waals surface area contributed by atoms with Gasteiger partial charge in [-0.05, 0) is 23.8 Å². The highest BCUT2D eigenvalue weighted by molar-refractivity contribution is 7.92. The first kappa shape index (κ1) is 13.5. The van der Waals surface area contributed by atoms with Crippen LogP contribution in [0.5, 0.6) is 0 Å². The highest BCUT2D eigenvalue weighted by Gasteiger charge is 2.28. The SMILES string of the molecule is CN(C1CNC1)S(=O)(=O)C=Cc1ccc(Cl)cc1. The Balaban J connectivity index is 2.09. The van der Waals surface area contributed by atoms with Crippen LogP contribution in [0.1, 0.15) is 5.56 Å². The lowest BCUT2D eigenvalue weighted by Gasteiger charge is -2.33. The van der Waals surface area contributed by atoms with Gasteiger partial charge in [0.2, 0.25) is 10.0 Å². The number of sulfonamides is 1. The summed E-state index contributed by atoms with van der Waals surface area (Å²) in [5.41, 5.74) is 0.808. The van der Waals surface area contributed by atoms with Gasteiger partial charge in [0.1, 0.15) is 0 Å². The van der Waals surface area contributed by atoms with Crippen molar-refractivity contribution in [1.82, 2.24) is 9.62 Å². The van der Waals surface area contributed by atoms with Crippen LogP contribution in [0.2, 0.25) is 5.02 Å². The normalized spacial score (nSPS) is 17.3. The predicted molar refractivity (Wildman–Crippen MR) is 73.8 cm³/mol. The maximum atomic E-state index is 12.0. The van der Waals surface area contributed by atoms with Gasteiger partial charge in [0.15, 0.2) is 0 Å². The van der Waals surface area contributed by atoms with Gasteiger partial charge in [-0.2, -0.15) is 4.31 Å². The molecule has 1 aliphatic heterocycles. The molecule has 1 aliphatic rings. The van der Waals surface area contributed by atoms with E-state index in [0.717, 1.165) is 5.56 Å². The Bertz CT molecular complexity index is 536. The molecule has 0 saturated carbocycles. The summed E-state index contributed by atoms with van der Waals surface area (Å²) < 4.78 is 25.4. The Labute approximate surface area is 112 Å². The third-order valence-corrected chi connectivity index (χ3v) is 4.81. The van der Waals surface area contributed by atoms with Gasteiger partial charge in [0, 0.05) is 36.6 Å². The van der Waals surface area contributed by atoms with Crippen molar-refractivity contribution < 1.29 is 8.42 Å². The van der Waals surface area contributed by atoms with E-state index in [9.17, 15) is 8.42 Å². The number of hydrogen-bond acceptors (Lipinski definition) is 3. The molecule has 1 heterocycles. The van der Waals surface area contributed by atoms with Crippen molar-refractivity contribution in [1.29, 1.82) is 0 Å². The number of halogens is 1. The second-order valence-electron chi connectivity index (χ2n) is 4.23. The van der Waals surface area contributed by atoms with Crippen molar-refractivity contribution in [3.63, 3.8) is 0 Å². The number of hydrogen-bond donors (Lipinski definition) is 1. The summed E-state index contributed by atoms with van der Waals surface area (Å²) >= 11 is 5.76. The molecule has 0 bridgehead atoms. The number of nitrogens with zero attached hydrogens (tertiary/aromatic N) is 1. The highest BCUT2D eigenvalue weighted by atomic mass is 35.5. The minimum atomic E-state index is -3.35. The maximum absolute atomic E-state index is 12.0. The Morgan fingerprint density at radius 1 is 1.33 bits per heavy atom. The molecule has 1 fully saturated rings. The fraction of sp³-hybridized carbons (Fsp3) is 0.333. The van der Waals surface area contributed by atoms with Gasteiger partial charge in [-0.1, -0.05) is 23.7 Å². The Hall–Kier alpha value is -0.880. The molecule has 0 amide bonds. The summed E-state index contributed by atoms with van der Waals surface area (Å²) in [4.78, 5) is 0. The zero-order valence-electron chi connectivity index (χ0n) is 10.0. The molecule has 0 spiro atoms. The second-order valence-corrected chi connectivity index (χ2v) is 6.54. The lowest BCUT2D eigenvalue weighted by Crippen LogP contribution is -2.56. The van der Waals surface area contributed by atoms with Crippen LogP contribution in [0, 0.1) is 0 Å². The molecule has 98 valence electrons. The average Bonchev–Trinajstić information content (AvgIpc) is 2.26. The molecule has 0 aliphatic carbocycles. The van der Waals surface area contributed by atoms with Crippen LogP contribution in [0.25, 0.3) is 6.08 Å².